The van der Waals surface area contributed by atoms with Crippen LogP contribution in [0.3, 0.4) is 0 Å². The fraction of sp³-hybridized carbons (Fsp3) is 0.894. The fourth-order valence-corrected chi connectivity index (χ4v) is 7.90. The molecule has 0 radical (unpaired) electrons. The van der Waals surface area contributed by atoms with Crippen molar-refractivity contribution in [1.82, 2.24) is 16.0 Å². The zero-order valence-electron chi connectivity index (χ0n) is 36.2. The quantitative estimate of drug-likeness (QED) is 0.0462. The predicted octanol–water partition coefficient (Wildman–Crippen LogP) is 12.1. The zero-order valence-corrected chi connectivity index (χ0v) is 36.2. The molecular formula is C47H89N3O3. The van der Waals surface area contributed by atoms with Crippen LogP contribution in [0.15, 0.2) is 12.2 Å². The second-order valence-corrected chi connectivity index (χ2v) is 18.0. The van der Waals surface area contributed by atoms with Gasteiger partial charge in [-0.15, -0.1) is 0 Å². The highest BCUT2D eigenvalue weighted by atomic mass is 16.2. The molecule has 1 rings (SSSR count). The summed E-state index contributed by atoms with van der Waals surface area (Å²) in [5, 5.41) is 9.55. The van der Waals surface area contributed by atoms with Gasteiger partial charge in [-0.1, -0.05) is 157 Å². The van der Waals surface area contributed by atoms with E-state index < -0.39 is 0 Å². The summed E-state index contributed by atoms with van der Waals surface area (Å²) < 4.78 is 0. The van der Waals surface area contributed by atoms with Crippen molar-refractivity contribution in [3.05, 3.63) is 12.2 Å². The van der Waals surface area contributed by atoms with E-state index in [9.17, 15) is 14.4 Å². The normalized spacial score (nSPS) is 18.8. The van der Waals surface area contributed by atoms with Crippen LogP contribution < -0.4 is 16.0 Å². The van der Waals surface area contributed by atoms with Gasteiger partial charge in [0.25, 0.3) is 0 Å². The van der Waals surface area contributed by atoms with E-state index in [1.54, 1.807) is 0 Å². The molecule has 53 heavy (non-hydrogen) atoms. The lowest BCUT2D eigenvalue weighted by Crippen LogP contribution is -2.45. The molecule has 3 unspecified atom stereocenters. The summed E-state index contributed by atoms with van der Waals surface area (Å²) in [5.74, 6) is 1.77. The molecular weight excluding hydrogens is 655 g/mol. The largest absolute Gasteiger partial charge is 0.356 e. The number of hydrogen-bond donors (Lipinski definition) is 3. The van der Waals surface area contributed by atoms with Crippen molar-refractivity contribution in [3.8, 4) is 0 Å². The van der Waals surface area contributed by atoms with Crippen molar-refractivity contribution in [1.29, 1.82) is 0 Å². The van der Waals surface area contributed by atoms with E-state index in [0.717, 1.165) is 37.5 Å². The van der Waals surface area contributed by atoms with Crippen LogP contribution in [0.25, 0.3) is 0 Å². The van der Waals surface area contributed by atoms with Crippen LogP contribution in [0.4, 0.5) is 0 Å². The van der Waals surface area contributed by atoms with Gasteiger partial charge in [-0.05, 0) is 87.9 Å². The van der Waals surface area contributed by atoms with Crippen molar-refractivity contribution in [2.75, 3.05) is 19.6 Å². The van der Waals surface area contributed by atoms with Crippen LogP contribution in [0.5, 0.6) is 0 Å². The summed E-state index contributed by atoms with van der Waals surface area (Å²) in [5.41, 5.74) is 0. The highest BCUT2D eigenvalue weighted by molar-refractivity contribution is 5.85. The third kappa shape index (κ3) is 27.4. The van der Waals surface area contributed by atoms with E-state index in [1.807, 2.05) is 0 Å². The molecule has 5 atom stereocenters. The molecule has 6 heteroatoms. The first-order valence-corrected chi connectivity index (χ1v) is 23.0. The summed E-state index contributed by atoms with van der Waals surface area (Å²) >= 11 is 0. The third-order valence-electron chi connectivity index (χ3n) is 11.6. The van der Waals surface area contributed by atoms with E-state index >= 15 is 0 Å². The molecule has 0 aromatic rings. The second kappa shape index (κ2) is 32.4. The number of allylic oxidation sites excluding steroid dienone is 2. The van der Waals surface area contributed by atoms with Crippen molar-refractivity contribution >= 4 is 17.7 Å². The van der Waals surface area contributed by atoms with Gasteiger partial charge in [0.05, 0.1) is 0 Å². The Balaban J connectivity index is 2.47. The van der Waals surface area contributed by atoms with Gasteiger partial charge in [0.1, 0.15) is 0 Å². The van der Waals surface area contributed by atoms with Crippen LogP contribution in [0.1, 0.15) is 209 Å². The van der Waals surface area contributed by atoms with Crippen molar-refractivity contribution in [2.45, 2.75) is 209 Å². The smallest absolute Gasteiger partial charge is 0.223 e. The van der Waals surface area contributed by atoms with Gasteiger partial charge in [0, 0.05) is 37.4 Å². The monoisotopic (exact) mass is 744 g/mol. The molecule has 0 bridgehead atoms. The summed E-state index contributed by atoms with van der Waals surface area (Å²) in [7, 11) is 0. The standard InChI is InChI=1S/C47H89N3O3/c1-8-9-10-11-12-13-14-15-16-17-18-19-20-21-22-23-32-48-45(51)42-35-43(46(52)49-33-30-40(6)28-24-26-38(2)3)37-44(36-42)47(53)50-34-31-41(7)29-25-27-39(4)5/h15-16,38-44H,8-14,17-37H2,1-7H3,(H,48,51)(H,49,52)(H,50,53)/t40?,41?,42?,43-,44+. The summed E-state index contributed by atoms with van der Waals surface area (Å²) in [6.45, 7) is 17.9. The Bertz CT molecular complexity index is 901. The van der Waals surface area contributed by atoms with Gasteiger partial charge >= 0.3 is 0 Å². The molecule has 1 aliphatic rings. The molecule has 3 amide bonds. The summed E-state index contributed by atoms with van der Waals surface area (Å²) in [6, 6.07) is 0. The zero-order chi connectivity index (χ0) is 39.1. The maximum atomic E-state index is 13.4. The Labute approximate surface area is 329 Å². The van der Waals surface area contributed by atoms with E-state index in [2.05, 4.69) is 76.6 Å². The number of rotatable bonds is 33. The molecule has 6 nitrogen and oxygen atoms in total. The molecule has 3 N–H and O–H groups in total. The average molecular weight is 744 g/mol. The van der Waals surface area contributed by atoms with Crippen LogP contribution in [-0.2, 0) is 14.4 Å². The SMILES string of the molecule is CCCCCCCCC=CCCCCCCCCNC(=O)C1C[C@@H](C(=O)NCCC(C)CCCC(C)C)C[C@@H](C(=O)NCCC(C)CCCC(C)C)C1. The van der Waals surface area contributed by atoms with Gasteiger partial charge < -0.3 is 16.0 Å². The first-order chi connectivity index (χ1) is 25.5. The van der Waals surface area contributed by atoms with Crippen LogP contribution in [0.2, 0.25) is 0 Å². The average Bonchev–Trinajstić information content (AvgIpc) is 3.12. The molecule has 0 aromatic heterocycles. The van der Waals surface area contributed by atoms with Crippen LogP contribution in [0, 0.1) is 41.4 Å². The van der Waals surface area contributed by atoms with E-state index in [4.69, 9.17) is 0 Å². The van der Waals surface area contributed by atoms with Gasteiger partial charge in [-0.3, -0.25) is 14.4 Å². The lowest BCUT2D eigenvalue weighted by atomic mass is 9.74. The minimum Gasteiger partial charge on any atom is -0.356 e. The Morgan fingerprint density at radius 1 is 0.453 bits per heavy atom. The summed E-state index contributed by atoms with van der Waals surface area (Å²) in [4.78, 5) is 40.3. The number of carbonyl (C=O) groups excluding carboxylic acids is 3. The van der Waals surface area contributed by atoms with Crippen molar-refractivity contribution in [2.24, 2.45) is 41.4 Å². The highest BCUT2D eigenvalue weighted by Gasteiger charge is 2.38. The lowest BCUT2D eigenvalue weighted by molar-refractivity contribution is -0.134. The van der Waals surface area contributed by atoms with Gasteiger partial charge in [-0.2, -0.15) is 0 Å². The molecule has 0 aliphatic heterocycles. The highest BCUT2D eigenvalue weighted by Crippen LogP contribution is 2.34. The first kappa shape index (κ1) is 49.2. The summed E-state index contributed by atoms with van der Waals surface area (Å²) in [6.07, 6.45) is 33.4. The molecule has 1 saturated carbocycles. The molecule has 1 aliphatic carbocycles. The maximum Gasteiger partial charge on any atom is 0.223 e. The molecule has 1 fully saturated rings. The topological polar surface area (TPSA) is 87.3 Å². The first-order valence-electron chi connectivity index (χ1n) is 23.0. The minimum absolute atomic E-state index is 0.0155. The fourth-order valence-electron chi connectivity index (χ4n) is 7.90. The van der Waals surface area contributed by atoms with Crippen LogP contribution in [-0.4, -0.2) is 37.4 Å². The number of unbranched alkanes of at least 4 members (excludes halogenated alkanes) is 12. The van der Waals surface area contributed by atoms with E-state index in [-0.39, 0.29) is 35.5 Å². The molecule has 310 valence electrons. The van der Waals surface area contributed by atoms with Gasteiger partial charge in [0.2, 0.25) is 17.7 Å². The number of carbonyl (C=O) groups is 3. The molecule has 0 aromatic carbocycles. The molecule has 0 spiro atoms. The third-order valence-corrected chi connectivity index (χ3v) is 11.6. The Kier molecular flexibility index (Phi) is 30.1. The Hall–Kier alpha value is -1.85. The van der Waals surface area contributed by atoms with Gasteiger partial charge in [-0.25, -0.2) is 0 Å². The van der Waals surface area contributed by atoms with Crippen molar-refractivity contribution < 1.29 is 14.4 Å². The number of nitrogens with one attached hydrogen (secondary N) is 3. The van der Waals surface area contributed by atoms with Crippen LogP contribution >= 0.6 is 0 Å². The minimum atomic E-state index is -0.299. The van der Waals surface area contributed by atoms with Gasteiger partial charge in [0.15, 0.2) is 0 Å². The number of amides is 3. The maximum absolute atomic E-state index is 13.4. The molecule has 0 heterocycles. The Morgan fingerprint density at radius 3 is 1.21 bits per heavy atom. The van der Waals surface area contributed by atoms with Crippen molar-refractivity contribution in [3.63, 3.8) is 0 Å². The number of hydrogen-bond acceptors (Lipinski definition) is 3. The molecule has 0 saturated heterocycles. The second-order valence-electron chi connectivity index (χ2n) is 18.0. The van der Waals surface area contributed by atoms with E-state index in [1.165, 1.54) is 116 Å². The predicted molar refractivity (Wildman–Crippen MR) is 228 cm³/mol. The Morgan fingerprint density at radius 2 is 0.811 bits per heavy atom. The van der Waals surface area contributed by atoms with E-state index in [0.29, 0.717) is 50.7 Å². The lowest BCUT2D eigenvalue weighted by Gasteiger charge is -2.33.